The summed E-state index contributed by atoms with van der Waals surface area (Å²) in [4.78, 5) is 4.36. The fraction of sp³-hybridized carbons (Fsp3) is 0.688. The third-order valence-corrected chi connectivity index (χ3v) is 4.20. The maximum Gasteiger partial charge on any atom is 0.0372 e. The number of hydrogen-bond donors (Lipinski definition) is 1. The second-order valence-corrected chi connectivity index (χ2v) is 5.60. The van der Waals surface area contributed by atoms with E-state index in [-0.39, 0.29) is 0 Å². The zero-order valence-electron chi connectivity index (χ0n) is 11.8. The zero-order chi connectivity index (χ0) is 12.8. The molecule has 1 saturated carbocycles. The van der Waals surface area contributed by atoms with Crippen LogP contribution >= 0.6 is 0 Å². The Labute approximate surface area is 111 Å². The minimum Gasteiger partial charge on any atom is -0.310 e. The molecule has 2 nitrogen and oxygen atoms in total. The van der Waals surface area contributed by atoms with Gasteiger partial charge in [0.05, 0.1) is 0 Å². The molecule has 0 bridgehead atoms. The summed E-state index contributed by atoms with van der Waals surface area (Å²) >= 11 is 0. The molecule has 100 valence electrons. The molecule has 18 heavy (non-hydrogen) atoms. The van der Waals surface area contributed by atoms with E-state index in [1.165, 1.54) is 44.1 Å². The molecule has 0 spiro atoms. The maximum atomic E-state index is 4.36. The topological polar surface area (TPSA) is 24.9 Å². The van der Waals surface area contributed by atoms with Crippen LogP contribution in [-0.4, -0.2) is 11.0 Å². The van der Waals surface area contributed by atoms with E-state index in [0.29, 0.717) is 6.04 Å². The lowest BCUT2D eigenvalue weighted by Crippen LogP contribution is -2.36. The van der Waals surface area contributed by atoms with Crippen LogP contribution in [-0.2, 0) is 6.54 Å². The van der Waals surface area contributed by atoms with Crippen molar-refractivity contribution >= 4 is 0 Å². The zero-order valence-corrected chi connectivity index (χ0v) is 11.8. The lowest BCUT2D eigenvalue weighted by molar-refractivity contribution is 0.261. The molecule has 0 radical (unpaired) electrons. The highest BCUT2D eigenvalue weighted by Gasteiger charge is 2.21. The molecule has 1 aromatic rings. The van der Waals surface area contributed by atoms with E-state index in [9.17, 15) is 0 Å². The Kier molecular flexibility index (Phi) is 5.18. The van der Waals surface area contributed by atoms with E-state index in [2.05, 4.69) is 29.4 Å². The van der Waals surface area contributed by atoms with Crippen LogP contribution in [0.2, 0.25) is 0 Å². The van der Waals surface area contributed by atoms with E-state index < -0.39 is 0 Å². The third kappa shape index (κ3) is 3.81. The quantitative estimate of drug-likeness (QED) is 0.854. The van der Waals surface area contributed by atoms with Gasteiger partial charge in [0.15, 0.2) is 0 Å². The van der Waals surface area contributed by atoms with Gasteiger partial charge >= 0.3 is 0 Å². The Morgan fingerprint density at radius 1 is 1.28 bits per heavy atom. The summed E-state index contributed by atoms with van der Waals surface area (Å²) < 4.78 is 0. The Balaban J connectivity index is 1.84. The van der Waals surface area contributed by atoms with Gasteiger partial charge in [-0.1, -0.05) is 32.3 Å². The molecular formula is C16H26N2. The molecule has 1 aliphatic carbocycles. The molecule has 0 saturated heterocycles. The normalized spacial score (nSPS) is 18.8. The fourth-order valence-corrected chi connectivity index (χ4v) is 3.03. The van der Waals surface area contributed by atoms with Crippen LogP contribution in [0.1, 0.15) is 56.7 Å². The number of hydrogen-bond acceptors (Lipinski definition) is 2. The third-order valence-electron chi connectivity index (χ3n) is 4.20. The van der Waals surface area contributed by atoms with Gasteiger partial charge in [-0.2, -0.15) is 0 Å². The van der Waals surface area contributed by atoms with Crippen LogP contribution in [0.3, 0.4) is 0 Å². The van der Waals surface area contributed by atoms with Gasteiger partial charge in [-0.05, 0) is 43.7 Å². The van der Waals surface area contributed by atoms with Gasteiger partial charge in [-0.3, -0.25) is 4.98 Å². The summed E-state index contributed by atoms with van der Waals surface area (Å²) in [5, 5.41) is 3.73. The molecule has 1 aromatic heterocycles. The van der Waals surface area contributed by atoms with Crippen molar-refractivity contribution < 1.29 is 0 Å². The summed E-state index contributed by atoms with van der Waals surface area (Å²) in [5.74, 6) is 0.891. The Bertz CT molecular complexity index is 339. The number of nitrogens with one attached hydrogen (secondary N) is 1. The first kappa shape index (κ1) is 13.5. The summed E-state index contributed by atoms with van der Waals surface area (Å²) in [5.41, 5.74) is 2.40. The maximum absolute atomic E-state index is 4.36. The Morgan fingerprint density at radius 3 is 2.67 bits per heavy atom. The summed E-state index contributed by atoms with van der Waals surface area (Å²) in [6.07, 6.45) is 10.4. The van der Waals surface area contributed by atoms with E-state index in [1.807, 2.05) is 13.1 Å². The molecule has 1 fully saturated rings. The van der Waals surface area contributed by atoms with Crippen molar-refractivity contribution in [3.8, 4) is 0 Å². The summed E-state index contributed by atoms with van der Waals surface area (Å²) in [6.45, 7) is 5.30. The highest BCUT2D eigenvalue weighted by molar-refractivity contribution is 5.12. The molecule has 0 aromatic carbocycles. The summed E-state index contributed by atoms with van der Waals surface area (Å²) in [7, 11) is 0. The number of nitrogens with zero attached hydrogens (tertiary/aromatic N) is 1. The van der Waals surface area contributed by atoms with E-state index >= 15 is 0 Å². The molecule has 1 N–H and O–H groups in total. The number of aryl methyl sites for hydroxylation is 1. The molecule has 1 aliphatic rings. The second kappa shape index (κ2) is 6.89. The standard InChI is InChI=1S/C16H26N2/c1-3-16(15-7-5-4-6-8-15)18-12-14-10-9-13(2)17-11-14/h9-11,15-16,18H,3-8,12H2,1-2H3. The van der Waals surface area contributed by atoms with Gasteiger partial charge in [-0.15, -0.1) is 0 Å². The first-order valence-corrected chi connectivity index (χ1v) is 7.44. The number of aromatic nitrogens is 1. The predicted octanol–water partition coefficient (Wildman–Crippen LogP) is 3.84. The molecule has 2 rings (SSSR count). The number of pyridine rings is 1. The average molecular weight is 246 g/mol. The first-order valence-electron chi connectivity index (χ1n) is 7.44. The predicted molar refractivity (Wildman–Crippen MR) is 76.5 cm³/mol. The van der Waals surface area contributed by atoms with Crippen LogP contribution in [0, 0.1) is 12.8 Å². The van der Waals surface area contributed by atoms with Crippen molar-refractivity contribution in [3.05, 3.63) is 29.6 Å². The van der Waals surface area contributed by atoms with Crippen LogP contribution in [0.5, 0.6) is 0 Å². The molecule has 2 heteroatoms. The lowest BCUT2D eigenvalue weighted by atomic mass is 9.83. The minimum atomic E-state index is 0.687. The van der Waals surface area contributed by atoms with Crippen LogP contribution in [0.25, 0.3) is 0 Å². The highest BCUT2D eigenvalue weighted by Crippen LogP contribution is 2.27. The van der Waals surface area contributed by atoms with Gasteiger partial charge in [-0.25, -0.2) is 0 Å². The van der Waals surface area contributed by atoms with Gasteiger partial charge in [0, 0.05) is 24.5 Å². The van der Waals surface area contributed by atoms with Crippen molar-refractivity contribution in [1.82, 2.24) is 10.3 Å². The van der Waals surface area contributed by atoms with E-state index in [1.54, 1.807) is 0 Å². The van der Waals surface area contributed by atoms with Gasteiger partial charge in [0.25, 0.3) is 0 Å². The molecular weight excluding hydrogens is 220 g/mol. The molecule has 0 amide bonds. The van der Waals surface area contributed by atoms with E-state index in [0.717, 1.165) is 18.2 Å². The SMILES string of the molecule is CCC(NCc1ccc(C)nc1)C1CCCCC1. The van der Waals surface area contributed by atoms with Crippen LogP contribution < -0.4 is 5.32 Å². The van der Waals surface area contributed by atoms with Gasteiger partial charge < -0.3 is 5.32 Å². The largest absolute Gasteiger partial charge is 0.310 e. The minimum absolute atomic E-state index is 0.687. The molecule has 1 unspecified atom stereocenters. The van der Waals surface area contributed by atoms with Crippen molar-refractivity contribution in [1.29, 1.82) is 0 Å². The van der Waals surface area contributed by atoms with E-state index in [4.69, 9.17) is 0 Å². The second-order valence-electron chi connectivity index (χ2n) is 5.60. The van der Waals surface area contributed by atoms with Gasteiger partial charge in [0.2, 0.25) is 0 Å². The molecule has 1 heterocycles. The average Bonchev–Trinajstić information content (AvgIpc) is 2.43. The lowest BCUT2D eigenvalue weighted by Gasteiger charge is -2.30. The first-order chi connectivity index (χ1) is 8.79. The Morgan fingerprint density at radius 2 is 2.06 bits per heavy atom. The number of rotatable bonds is 5. The highest BCUT2D eigenvalue weighted by atomic mass is 14.9. The monoisotopic (exact) mass is 246 g/mol. The van der Waals surface area contributed by atoms with Crippen molar-refractivity contribution in [2.45, 2.75) is 65.0 Å². The fourth-order valence-electron chi connectivity index (χ4n) is 3.03. The van der Waals surface area contributed by atoms with Crippen molar-refractivity contribution in [2.24, 2.45) is 5.92 Å². The molecule has 0 aliphatic heterocycles. The van der Waals surface area contributed by atoms with Crippen molar-refractivity contribution in [2.75, 3.05) is 0 Å². The van der Waals surface area contributed by atoms with Crippen LogP contribution in [0.4, 0.5) is 0 Å². The van der Waals surface area contributed by atoms with Crippen LogP contribution in [0.15, 0.2) is 18.3 Å². The van der Waals surface area contributed by atoms with Gasteiger partial charge in [0.1, 0.15) is 0 Å². The van der Waals surface area contributed by atoms with Crippen molar-refractivity contribution in [3.63, 3.8) is 0 Å². The molecule has 1 atom stereocenters. The Hall–Kier alpha value is -0.890. The smallest absolute Gasteiger partial charge is 0.0372 e. The summed E-state index contributed by atoms with van der Waals surface area (Å²) in [6, 6.07) is 4.97.